The summed E-state index contributed by atoms with van der Waals surface area (Å²) in [5.74, 6) is 3.50. The van der Waals surface area contributed by atoms with Crippen molar-refractivity contribution in [2.75, 3.05) is 18.9 Å². The first-order valence-electron chi connectivity index (χ1n) is 9.47. The van der Waals surface area contributed by atoms with Crippen LogP contribution in [-0.2, 0) is 6.54 Å². The van der Waals surface area contributed by atoms with Gasteiger partial charge in [0.05, 0.1) is 18.2 Å². The van der Waals surface area contributed by atoms with Gasteiger partial charge in [0.1, 0.15) is 11.6 Å². The second kappa shape index (κ2) is 6.70. The van der Waals surface area contributed by atoms with E-state index < -0.39 is 0 Å². The molecule has 1 aliphatic heterocycles. The number of anilines is 1. The van der Waals surface area contributed by atoms with Crippen LogP contribution in [0.4, 0.5) is 5.82 Å². The molecule has 1 saturated carbocycles. The van der Waals surface area contributed by atoms with Gasteiger partial charge in [0.25, 0.3) is 5.91 Å². The van der Waals surface area contributed by atoms with E-state index in [1.165, 1.54) is 12.8 Å². The van der Waals surface area contributed by atoms with Crippen LogP contribution >= 0.6 is 0 Å². The quantitative estimate of drug-likeness (QED) is 0.893. The molecular weight excluding hydrogens is 328 g/mol. The lowest BCUT2D eigenvalue weighted by atomic mass is 9.99. The number of nitrogens with zero attached hydrogens (tertiary/aromatic N) is 5. The van der Waals surface area contributed by atoms with Gasteiger partial charge in [-0.2, -0.15) is 5.10 Å². The van der Waals surface area contributed by atoms with E-state index in [0.717, 1.165) is 18.1 Å². The third-order valence-corrected chi connectivity index (χ3v) is 5.12. The molecule has 0 spiro atoms. The van der Waals surface area contributed by atoms with Gasteiger partial charge < -0.3 is 10.2 Å². The minimum Gasteiger partial charge on any atom is -0.372 e. The molecule has 26 heavy (non-hydrogen) atoms. The van der Waals surface area contributed by atoms with Crippen LogP contribution in [0.15, 0.2) is 18.3 Å². The number of rotatable bonds is 5. The first kappa shape index (κ1) is 17.0. The van der Waals surface area contributed by atoms with Gasteiger partial charge in [-0.25, -0.2) is 14.6 Å². The van der Waals surface area contributed by atoms with E-state index in [4.69, 9.17) is 10.1 Å². The van der Waals surface area contributed by atoms with Gasteiger partial charge in [0.15, 0.2) is 5.82 Å². The molecule has 2 aliphatic rings. The maximum Gasteiger partial charge on any atom is 0.258 e. The Morgan fingerprint density at radius 2 is 2.15 bits per heavy atom. The zero-order valence-corrected chi connectivity index (χ0v) is 15.6. The van der Waals surface area contributed by atoms with Crippen molar-refractivity contribution in [3.63, 3.8) is 0 Å². The number of hydrogen-bond acceptors (Lipinski definition) is 5. The standard InChI is InChI=1S/C19H26N6O/c1-12(2)11-15-18-22-16(13-6-7-13)23-25(18)10-9-24(15)19(26)14-5-4-8-21-17(14)20-3/h4-5,8,12-13,15H,6-7,9-11H2,1-3H3,(H,20,21)/t15-/m0/s1. The highest BCUT2D eigenvalue weighted by Gasteiger charge is 2.37. The molecule has 7 nitrogen and oxygen atoms in total. The Kier molecular flexibility index (Phi) is 4.38. The lowest BCUT2D eigenvalue weighted by Gasteiger charge is -2.36. The van der Waals surface area contributed by atoms with E-state index in [1.807, 2.05) is 21.7 Å². The molecule has 0 aromatic carbocycles. The Morgan fingerprint density at radius 1 is 1.35 bits per heavy atom. The van der Waals surface area contributed by atoms with E-state index in [2.05, 4.69) is 24.1 Å². The molecule has 7 heteroatoms. The van der Waals surface area contributed by atoms with Gasteiger partial charge in [-0.05, 0) is 37.3 Å². The van der Waals surface area contributed by atoms with Gasteiger partial charge >= 0.3 is 0 Å². The molecule has 0 saturated heterocycles. The third-order valence-electron chi connectivity index (χ3n) is 5.12. The number of pyridine rings is 1. The van der Waals surface area contributed by atoms with Crippen LogP contribution in [0.3, 0.4) is 0 Å². The molecule has 0 bridgehead atoms. The normalized spacial score (nSPS) is 19.5. The number of aromatic nitrogens is 4. The summed E-state index contributed by atoms with van der Waals surface area (Å²) in [6.45, 7) is 5.71. The van der Waals surface area contributed by atoms with Crippen molar-refractivity contribution >= 4 is 11.7 Å². The van der Waals surface area contributed by atoms with Crippen molar-refractivity contribution in [1.82, 2.24) is 24.6 Å². The van der Waals surface area contributed by atoms with Crippen molar-refractivity contribution in [3.05, 3.63) is 35.5 Å². The second-order valence-electron chi connectivity index (χ2n) is 7.62. The van der Waals surface area contributed by atoms with Crippen LogP contribution in [0.5, 0.6) is 0 Å². The molecule has 2 aromatic heterocycles. The van der Waals surface area contributed by atoms with Crippen LogP contribution in [0.2, 0.25) is 0 Å². The Labute approximate surface area is 153 Å². The van der Waals surface area contributed by atoms with Crippen LogP contribution in [0, 0.1) is 5.92 Å². The SMILES string of the molecule is CNc1ncccc1C(=O)N1CCn2nc(C3CC3)nc2[C@@H]1CC(C)C. The molecule has 3 heterocycles. The van der Waals surface area contributed by atoms with E-state index in [9.17, 15) is 4.79 Å². The van der Waals surface area contributed by atoms with Gasteiger partial charge in [-0.1, -0.05) is 13.8 Å². The molecule has 1 fully saturated rings. The summed E-state index contributed by atoms with van der Waals surface area (Å²) in [4.78, 5) is 24.4. The smallest absolute Gasteiger partial charge is 0.258 e. The van der Waals surface area contributed by atoms with Gasteiger partial charge in [-0.3, -0.25) is 4.79 Å². The summed E-state index contributed by atoms with van der Waals surface area (Å²) in [7, 11) is 1.79. The summed E-state index contributed by atoms with van der Waals surface area (Å²) in [6, 6.07) is 3.60. The topological polar surface area (TPSA) is 75.9 Å². The Morgan fingerprint density at radius 3 is 2.85 bits per heavy atom. The van der Waals surface area contributed by atoms with Crippen molar-refractivity contribution < 1.29 is 4.79 Å². The van der Waals surface area contributed by atoms with E-state index in [-0.39, 0.29) is 11.9 Å². The van der Waals surface area contributed by atoms with Gasteiger partial charge in [-0.15, -0.1) is 0 Å². The maximum absolute atomic E-state index is 13.3. The monoisotopic (exact) mass is 354 g/mol. The Bertz CT molecular complexity index is 810. The van der Waals surface area contributed by atoms with Crippen LogP contribution < -0.4 is 5.32 Å². The molecule has 1 aliphatic carbocycles. The fraction of sp³-hybridized carbons (Fsp3) is 0.579. The lowest BCUT2D eigenvalue weighted by molar-refractivity contribution is 0.0579. The Hall–Kier alpha value is -2.44. The fourth-order valence-corrected chi connectivity index (χ4v) is 3.65. The molecule has 1 amide bonds. The van der Waals surface area contributed by atoms with Crippen LogP contribution in [0.25, 0.3) is 0 Å². The number of carbonyl (C=O) groups is 1. The first-order chi connectivity index (χ1) is 12.6. The zero-order valence-electron chi connectivity index (χ0n) is 15.6. The fourth-order valence-electron chi connectivity index (χ4n) is 3.65. The predicted molar refractivity (Wildman–Crippen MR) is 99.0 cm³/mol. The third kappa shape index (κ3) is 3.06. The molecule has 1 atom stereocenters. The molecule has 0 radical (unpaired) electrons. The average molecular weight is 354 g/mol. The minimum atomic E-state index is -0.0406. The average Bonchev–Trinajstić information content (AvgIpc) is 3.40. The molecule has 2 aromatic rings. The number of fused-ring (bicyclic) bond motifs is 1. The van der Waals surface area contributed by atoms with E-state index >= 15 is 0 Å². The predicted octanol–water partition coefficient (Wildman–Crippen LogP) is 2.84. The second-order valence-corrected chi connectivity index (χ2v) is 7.62. The lowest BCUT2D eigenvalue weighted by Crippen LogP contribution is -2.43. The number of nitrogens with one attached hydrogen (secondary N) is 1. The van der Waals surface area contributed by atoms with Crippen molar-refractivity contribution in [3.8, 4) is 0 Å². The zero-order chi connectivity index (χ0) is 18.3. The molecule has 1 N–H and O–H groups in total. The Balaban J connectivity index is 1.69. The summed E-state index contributed by atoms with van der Waals surface area (Å²) >= 11 is 0. The van der Waals surface area contributed by atoms with Crippen LogP contribution in [-0.4, -0.2) is 44.1 Å². The van der Waals surface area contributed by atoms with Crippen molar-refractivity contribution in [1.29, 1.82) is 0 Å². The van der Waals surface area contributed by atoms with Crippen molar-refractivity contribution in [2.24, 2.45) is 5.92 Å². The highest BCUT2D eigenvalue weighted by molar-refractivity contribution is 5.99. The molecular formula is C19H26N6O. The summed E-state index contributed by atoms with van der Waals surface area (Å²) < 4.78 is 2.02. The van der Waals surface area contributed by atoms with Crippen LogP contribution in [0.1, 0.15) is 67.1 Å². The summed E-state index contributed by atoms with van der Waals surface area (Å²) in [5.41, 5.74) is 0.610. The van der Waals surface area contributed by atoms with E-state index in [0.29, 0.717) is 36.3 Å². The molecule has 4 rings (SSSR count). The minimum absolute atomic E-state index is 0.00956. The summed E-state index contributed by atoms with van der Waals surface area (Å²) in [6.07, 6.45) is 4.94. The highest BCUT2D eigenvalue weighted by Crippen LogP contribution is 2.40. The van der Waals surface area contributed by atoms with Crippen molar-refractivity contribution in [2.45, 2.75) is 51.6 Å². The molecule has 138 valence electrons. The number of amides is 1. The molecule has 0 unspecified atom stereocenters. The van der Waals surface area contributed by atoms with Gasteiger partial charge in [0, 0.05) is 25.7 Å². The van der Waals surface area contributed by atoms with Gasteiger partial charge in [0.2, 0.25) is 0 Å². The number of hydrogen-bond donors (Lipinski definition) is 1. The van der Waals surface area contributed by atoms with E-state index in [1.54, 1.807) is 13.2 Å². The largest absolute Gasteiger partial charge is 0.372 e. The highest BCUT2D eigenvalue weighted by atomic mass is 16.2. The maximum atomic E-state index is 13.3. The summed E-state index contributed by atoms with van der Waals surface area (Å²) in [5, 5.41) is 7.74. The number of carbonyl (C=O) groups excluding carboxylic acids is 1. The first-order valence-corrected chi connectivity index (χ1v) is 9.47.